The average molecular weight is 600 g/mol. The van der Waals surface area contributed by atoms with E-state index in [2.05, 4.69) is 88.5 Å². The van der Waals surface area contributed by atoms with Crippen molar-refractivity contribution in [1.82, 2.24) is 20.3 Å². The maximum Gasteiger partial charge on any atom is 0.245 e. The number of fused-ring (bicyclic) bond motifs is 1. The van der Waals surface area contributed by atoms with Crippen molar-refractivity contribution >= 4 is 82.6 Å². The number of aromatic hydroxyl groups is 2. The standard InChI is InChI=1S/C17H10Br3N7O3/c18-8-1-3-9(4-2-8)22-14-15(24-17-16(23-14)26-30-27-17)25-21-6-7-5-10(19)13(29)11(20)12(7)28/h1-6,28-29H,(H,22,23,26)(H,24,25,27)/b21-6+. The largest absolute Gasteiger partial charge is 0.506 e. The van der Waals surface area contributed by atoms with E-state index in [9.17, 15) is 10.2 Å². The molecule has 0 fully saturated rings. The molecule has 0 aliphatic rings. The fraction of sp³-hybridized carbons (Fsp3) is 0. The van der Waals surface area contributed by atoms with E-state index in [0.29, 0.717) is 15.9 Å². The lowest BCUT2D eigenvalue weighted by Gasteiger charge is -2.09. The summed E-state index contributed by atoms with van der Waals surface area (Å²) in [4.78, 5) is 8.65. The number of hydrazone groups is 1. The van der Waals surface area contributed by atoms with Crippen LogP contribution in [-0.2, 0) is 0 Å². The molecule has 0 saturated heterocycles. The number of phenols is 2. The van der Waals surface area contributed by atoms with E-state index >= 15 is 0 Å². The summed E-state index contributed by atoms with van der Waals surface area (Å²) in [5, 5.41) is 34.6. The van der Waals surface area contributed by atoms with Gasteiger partial charge in [-0.1, -0.05) is 15.9 Å². The quantitative estimate of drug-likeness (QED) is 0.186. The summed E-state index contributed by atoms with van der Waals surface area (Å²) in [5.74, 6) is 0.314. The molecule has 0 aliphatic heterocycles. The smallest absolute Gasteiger partial charge is 0.245 e. The van der Waals surface area contributed by atoms with Crippen molar-refractivity contribution in [2.75, 3.05) is 10.7 Å². The summed E-state index contributed by atoms with van der Waals surface area (Å²) >= 11 is 9.72. The van der Waals surface area contributed by atoms with Gasteiger partial charge in [0.1, 0.15) is 16.0 Å². The van der Waals surface area contributed by atoms with E-state index in [1.54, 1.807) is 0 Å². The van der Waals surface area contributed by atoms with E-state index in [4.69, 9.17) is 0 Å². The molecule has 0 bridgehead atoms. The lowest BCUT2D eigenvalue weighted by Crippen LogP contribution is -2.03. The van der Waals surface area contributed by atoms with Gasteiger partial charge in [-0.05, 0) is 72.5 Å². The maximum absolute atomic E-state index is 10.2. The van der Waals surface area contributed by atoms with Crippen LogP contribution in [0.1, 0.15) is 5.56 Å². The fourth-order valence-corrected chi connectivity index (χ4v) is 3.77. The zero-order valence-corrected chi connectivity index (χ0v) is 19.4. The molecule has 2 aromatic carbocycles. The number of anilines is 3. The van der Waals surface area contributed by atoms with Gasteiger partial charge in [0.2, 0.25) is 11.3 Å². The van der Waals surface area contributed by atoms with E-state index in [-0.39, 0.29) is 33.1 Å². The minimum atomic E-state index is -0.170. The number of rotatable bonds is 5. The molecule has 0 atom stereocenters. The molecule has 0 saturated carbocycles. The van der Waals surface area contributed by atoms with Crippen LogP contribution >= 0.6 is 47.8 Å². The molecule has 0 spiro atoms. The Hall–Kier alpha value is -2.77. The molecule has 0 aliphatic carbocycles. The summed E-state index contributed by atoms with van der Waals surface area (Å²) in [6.07, 6.45) is 1.36. The second-order valence-corrected chi connectivity index (χ2v) is 8.36. The number of phenolic OH excluding ortho intramolecular Hbond substituents is 2. The Morgan fingerprint density at radius 2 is 1.60 bits per heavy atom. The van der Waals surface area contributed by atoms with Gasteiger partial charge in [-0.2, -0.15) is 10.1 Å². The third-order valence-corrected chi connectivity index (χ3v) is 5.68. The normalized spacial score (nSPS) is 11.3. The molecular formula is C17H10Br3N7O3. The molecule has 4 N–H and O–H groups in total. The molecule has 0 unspecified atom stereocenters. The predicted molar refractivity (Wildman–Crippen MR) is 121 cm³/mol. The summed E-state index contributed by atoms with van der Waals surface area (Å²) in [7, 11) is 0. The molecule has 152 valence electrons. The highest BCUT2D eigenvalue weighted by molar-refractivity contribution is 9.11. The van der Waals surface area contributed by atoms with Crippen LogP contribution < -0.4 is 10.7 Å². The lowest BCUT2D eigenvalue weighted by atomic mass is 10.2. The Labute approximate surface area is 193 Å². The van der Waals surface area contributed by atoms with E-state index in [1.807, 2.05) is 24.3 Å². The van der Waals surface area contributed by atoms with Crippen LogP contribution in [0, 0.1) is 0 Å². The van der Waals surface area contributed by atoms with Crippen LogP contribution in [0.15, 0.2) is 53.5 Å². The van der Waals surface area contributed by atoms with Gasteiger partial charge in [0.15, 0.2) is 11.6 Å². The Morgan fingerprint density at radius 3 is 2.30 bits per heavy atom. The Morgan fingerprint density at radius 1 is 0.933 bits per heavy atom. The number of hydrogen-bond donors (Lipinski definition) is 4. The van der Waals surface area contributed by atoms with Gasteiger partial charge in [-0.25, -0.2) is 9.61 Å². The van der Waals surface area contributed by atoms with Crippen LogP contribution in [-0.4, -0.2) is 36.7 Å². The second kappa shape index (κ2) is 8.53. The zero-order chi connectivity index (χ0) is 21.3. The number of nitrogens with one attached hydrogen (secondary N) is 2. The van der Waals surface area contributed by atoms with E-state index in [1.165, 1.54) is 12.3 Å². The minimum Gasteiger partial charge on any atom is -0.506 e. The highest BCUT2D eigenvalue weighted by atomic mass is 79.9. The van der Waals surface area contributed by atoms with Crippen molar-refractivity contribution in [1.29, 1.82) is 0 Å². The third kappa shape index (κ3) is 4.22. The molecule has 4 aromatic rings. The van der Waals surface area contributed by atoms with Gasteiger partial charge in [-0.15, -0.1) is 0 Å². The zero-order valence-electron chi connectivity index (χ0n) is 14.6. The van der Waals surface area contributed by atoms with E-state index < -0.39 is 0 Å². The van der Waals surface area contributed by atoms with Gasteiger partial charge in [-0.3, -0.25) is 5.43 Å². The summed E-state index contributed by atoms with van der Waals surface area (Å²) in [5.41, 5.74) is 4.31. The van der Waals surface area contributed by atoms with Crippen LogP contribution in [0.3, 0.4) is 0 Å². The summed E-state index contributed by atoms with van der Waals surface area (Å²) in [6.45, 7) is 0. The molecule has 0 amide bonds. The number of halogens is 3. The monoisotopic (exact) mass is 597 g/mol. The van der Waals surface area contributed by atoms with E-state index in [0.717, 1.165) is 10.2 Å². The van der Waals surface area contributed by atoms with Crippen molar-refractivity contribution in [3.63, 3.8) is 0 Å². The molecule has 13 heteroatoms. The number of nitrogens with zero attached hydrogens (tertiary/aromatic N) is 5. The molecule has 10 nitrogen and oxygen atoms in total. The number of benzene rings is 2. The first kappa shape index (κ1) is 20.5. The maximum atomic E-state index is 10.2. The summed E-state index contributed by atoms with van der Waals surface area (Å²) in [6, 6.07) is 8.97. The topological polar surface area (TPSA) is 142 Å². The molecular weight excluding hydrogens is 590 g/mol. The first-order valence-corrected chi connectivity index (χ1v) is 10.5. The van der Waals surface area contributed by atoms with Crippen molar-refractivity contribution in [3.8, 4) is 11.5 Å². The lowest BCUT2D eigenvalue weighted by molar-refractivity contribution is 0.314. The van der Waals surface area contributed by atoms with Gasteiger partial charge < -0.3 is 15.5 Å². The molecule has 0 radical (unpaired) electrons. The SMILES string of the molecule is Oc1c(Br)cc(/C=N/Nc2nc3nonc3nc2Nc2ccc(Br)cc2)c(O)c1Br. The van der Waals surface area contributed by atoms with Gasteiger partial charge >= 0.3 is 0 Å². The number of aromatic nitrogens is 4. The Bertz CT molecular complexity index is 1260. The van der Waals surface area contributed by atoms with Gasteiger partial charge in [0, 0.05) is 15.7 Å². The molecule has 30 heavy (non-hydrogen) atoms. The third-order valence-electron chi connectivity index (χ3n) is 3.79. The Balaban J connectivity index is 1.65. The fourth-order valence-electron chi connectivity index (χ4n) is 2.35. The molecule has 2 heterocycles. The molecule has 4 rings (SSSR count). The number of hydrogen-bond acceptors (Lipinski definition) is 10. The summed E-state index contributed by atoms with van der Waals surface area (Å²) < 4.78 is 6.14. The Kier molecular flexibility index (Phi) is 5.83. The first-order chi connectivity index (χ1) is 14.4. The van der Waals surface area contributed by atoms with Crippen molar-refractivity contribution in [2.24, 2.45) is 5.10 Å². The van der Waals surface area contributed by atoms with Crippen LogP contribution in [0.4, 0.5) is 17.3 Å². The predicted octanol–water partition coefficient (Wildman–Crippen LogP) is 4.90. The van der Waals surface area contributed by atoms with Crippen molar-refractivity contribution in [3.05, 3.63) is 49.3 Å². The average Bonchev–Trinajstić information content (AvgIpc) is 3.19. The van der Waals surface area contributed by atoms with Crippen molar-refractivity contribution in [2.45, 2.75) is 0 Å². The van der Waals surface area contributed by atoms with Gasteiger partial charge in [0.25, 0.3) is 0 Å². The highest BCUT2D eigenvalue weighted by Crippen LogP contribution is 2.40. The van der Waals surface area contributed by atoms with Crippen LogP contribution in [0.25, 0.3) is 11.3 Å². The second-order valence-electron chi connectivity index (χ2n) is 5.79. The molecule has 2 aromatic heterocycles. The van der Waals surface area contributed by atoms with Crippen LogP contribution in [0.5, 0.6) is 11.5 Å². The van der Waals surface area contributed by atoms with Crippen molar-refractivity contribution < 1.29 is 14.8 Å². The van der Waals surface area contributed by atoms with Gasteiger partial charge in [0.05, 0.1) is 10.7 Å². The first-order valence-electron chi connectivity index (χ1n) is 8.14. The highest BCUT2D eigenvalue weighted by Gasteiger charge is 2.14. The van der Waals surface area contributed by atoms with Crippen LogP contribution in [0.2, 0.25) is 0 Å². The minimum absolute atomic E-state index is 0.117.